The normalized spacial score (nSPS) is 11.8. The molecule has 0 radical (unpaired) electrons. The molecule has 1 N–H and O–H groups in total. The summed E-state index contributed by atoms with van der Waals surface area (Å²) in [6, 6.07) is 13.6. The highest BCUT2D eigenvalue weighted by atomic mass is 16.5. The van der Waals surface area contributed by atoms with Gasteiger partial charge in [-0.1, -0.05) is 25.1 Å². The van der Waals surface area contributed by atoms with Gasteiger partial charge in [-0.3, -0.25) is 4.79 Å². The lowest BCUT2D eigenvalue weighted by Gasteiger charge is -2.18. The molecule has 0 heterocycles. The van der Waals surface area contributed by atoms with E-state index in [1.54, 1.807) is 0 Å². The van der Waals surface area contributed by atoms with Crippen LogP contribution in [0.25, 0.3) is 0 Å². The molecule has 1 atom stereocenters. The summed E-state index contributed by atoms with van der Waals surface area (Å²) in [5, 5.41) is 2.93. The van der Waals surface area contributed by atoms with Crippen LogP contribution in [0.4, 0.5) is 5.69 Å². The van der Waals surface area contributed by atoms with Crippen LogP contribution >= 0.6 is 0 Å². The summed E-state index contributed by atoms with van der Waals surface area (Å²) in [5.41, 5.74) is 4.29. The maximum absolute atomic E-state index is 12.4. The SMILES string of the molecule is CCC(Oc1cccc(C)c1)C(=O)Nc1ccc(C)c(C)c1. The van der Waals surface area contributed by atoms with Gasteiger partial charge in [0.15, 0.2) is 6.10 Å². The molecule has 0 aliphatic rings. The van der Waals surface area contributed by atoms with Gasteiger partial charge in [-0.25, -0.2) is 0 Å². The van der Waals surface area contributed by atoms with E-state index in [1.807, 2.05) is 63.2 Å². The lowest BCUT2D eigenvalue weighted by Crippen LogP contribution is -2.32. The van der Waals surface area contributed by atoms with Crippen LogP contribution in [0.5, 0.6) is 5.75 Å². The molecule has 1 amide bonds. The van der Waals surface area contributed by atoms with Crippen LogP contribution < -0.4 is 10.1 Å². The fourth-order valence-electron chi connectivity index (χ4n) is 2.22. The van der Waals surface area contributed by atoms with Crippen LogP contribution in [0.1, 0.15) is 30.0 Å². The predicted octanol–water partition coefficient (Wildman–Crippen LogP) is 4.41. The number of benzene rings is 2. The highest BCUT2D eigenvalue weighted by molar-refractivity contribution is 5.94. The molecular weight excluding hydrogens is 274 g/mol. The third kappa shape index (κ3) is 4.10. The summed E-state index contributed by atoms with van der Waals surface area (Å²) in [7, 11) is 0. The van der Waals surface area contributed by atoms with Crippen molar-refractivity contribution >= 4 is 11.6 Å². The Bertz CT molecular complexity index is 664. The molecule has 2 aromatic rings. The number of ether oxygens (including phenoxy) is 1. The van der Waals surface area contributed by atoms with Crippen molar-refractivity contribution in [1.29, 1.82) is 0 Å². The van der Waals surface area contributed by atoms with E-state index in [4.69, 9.17) is 4.74 Å². The smallest absolute Gasteiger partial charge is 0.265 e. The minimum absolute atomic E-state index is 0.118. The largest absolute Gasteiger partial charge is 0.481 e. The van der Waals surface area contributed by atoms with Gasteiger partial charge in [-0.05, 0) is 68.1 Å². The fraction of sp³-hybridized carbons (Fsp3) is 0.316. The van der Waals surface area contributed by atoms with Crippen LogP contribution in [0, 0.1) is 20.8 Å². The third-order valence-electron chi connectivity index (χ3n) is 3.71. The minimum atomic E-state index is -0.497. The first kappa shape index (κ1) is 16.1. The second kappa shape index (κ2) is 7.12. The predicted molar refractivity (Wildman–Crippen MR) is 90.4 cm³/mol. The minimum Gasteiger partial charge on any atom is -0.481 e. The molecule has 0 saturated heterocycles. The van der Waals surface area contributed by atoms with Gasteiger partial charge in [-0.15, -0.1) is 0 Å². The quantitative estimate of drug-likeness (QED) is 0.888. The van der Waals surface area contributed by atoms with E-state index in [0.29, 0.717) is 6.42 Å². The van der Waals surface area contributed by atoms with E-state index in [9.17, 15) is 4.79 Å². The van der Waals surface area contributed by atoms with Crippen molar-refractivity contribution in [3.8, 4) is 5.75 Å². The van der Waals surface area contributed by atoms with Crippen molar-refractivity contribution in [2.45, 2.75) is 40.2 Å². The Kier molecular flexibility index (Phi) is 5.21. The Balaban J connectivity index is 2.06. The summed E-state index contributed by atoms with van der Waals surface area (Å²) in [6.45, 7) is 8.03. The van der Waals surface area contributed by atoms with Gasteiger partial charge >= 0.3 is 0 Å². The highest BCUT2D eigenvalue weighted by Crippen LogP contribution is 2.18. The molecular formula is C19H23NO2. The average Bonchev–Trinajstić information content (AvgIpc) is 2.48. The molecule has 2 aromatic carbocycles. The number of carbonyl (C=O) groups is 1. The number of nitrogens with one attached hydrogen (secondary N) is 1. The molecule has 2 rings (SSSR count). The molecule has 0 aliphatic carbocycles. The average molecular weight is 297 g/mol. The van der Waals surface area contributed by atoms with Crippen LogP contribution in [0.3, 0.4) is 0 Å². The second-order valence-electron chi connectivity index (χ2n) is 5.62. The third-order valence-corrected chi connectivity index (χ3v) is 3.71. The first-order valence-electron chi connectivity index (χ1n) is 7.61. The van der Waals surface area contributed by atoms with Gasteiger partial charge in [0.25, 0.3) is 5.91 Å². The van der Waals surface area contributed by atoms with Crippen molar-refractivity contribution in [3.05, 3.63) is 59.2 Å². The number of hydrogen-bond acceptors (Lipinski definition) is 2. The topological polar surface area (TPSA) is 38.3 Å². The standard InChI is InChI=1S/C19H23NO2/c1-5-18(22-17-8-6-7-13(2)11-17)19(21)20-16-10-9-14(3)15(4)12-16/h6-12,18H,5H2,1-4H3,(H,20,21). The number of amides is 1. The molecule has 0 bridgehead atoms. The van der Waals surface area contributed by atoms with Gasteiger partial charge < -0.3 is 10.1 Å². The summed E-state index contributed by atoms with van der Waals surface area (Å²) in [4.78, 5) is 12.4. The van der Waals surface area contributed by atoms with Crippen molar-refractivity contribution < 1.29 is 9.53 Å². The van der Waals surface area contributed by atoms with Gasteiger partial charge in [-0.2, -0.15) is 0 Å². The molecule has 116 valence electrons. The Morgan fingerprint density at radius 3 is 2.50 bits per heavy atom. The van der Waals surface area contributed by atoms with Gasteiger partial charge in [0.05, 0.1) is 0 Å². The number of anilines is 1. The Morgan fingerprint density at radius 1 is 1.09 bits per heavy atom. The molecule has 0 fully saturated rings. The molecule has 0 aromatic heterocycles. The Morgan fingerprint density at radius 2 is 1.86 bits per heavy atom. The first-order chi connectivity index (χ1) is 10.5. The molecule has 1 unspecified atom stereocenters. The zero-order chi connectivity index (χ0) is 16.1. The van der Waals surface area contributed by atoms with E-state index < -0.39 is 6.10 Å². The zero-order valence-corrected chi connectivity index (χ0v) is 13.6. The van der Waals surface area contributed by atoms with E-state index >= 15 is 0 Å². The highest BCUT2D eigenvalue weighted by Gasteiger charge is 2.18. The van der Waals surface area contributed by atoms with E-state index in [-0.39, 0.29) is 5.91 Å². The lowest BCUT2D eigenvalue weighted by atomic mass is 10.1. The molecule has 0 saturated carbocycles. The van der Waals surface area contributed by atoms with Crippen LogP contribution in [0.2, 0.25) is 0 Å². The van der Waals surface area contributed by atoms with Crippen molar-refractivity contribution in [2.75, 3.05) is 5.32 Å². The number of aryl methyl sites for hydroxylation is 3. The molecule has 0 aliphatic heterocycles. The zero-order valence-electron chi connectivity index (χ0n) is 13.6. The number of rotatable bonds is 5. The van der Waals surface area contributed by atoms with Gasteiger partial charge in [0.1, 0.15) is 5.75 Å². The molecule has 3 nitrogen and oxygen atoms in total. The number of hydrogen-bond donors (Lipinski definition) is 1. The van der Waals surface area contributed by atoms with Crippen LogP contribution in [0.15, 0.2) is 42.5 Å². The van der Waals surface area contributed by atoms with Crippen molar-refractivity contribution in [2.24, 2.45) is 0 Å². The molecule has 0 spiro atoms. The van der Waals surface area contributed by atoms with Crippen molar-refractivity contribution in [3.63, 3.8) is 0 Å². The monoisotopic (exact) mass is 297 g/mol. The fourth-order valence-corrected chi connectivity index (χ4v) is 2.22. The van der Waals surface area contributed by atoms with E-state index in [2.05, 4.69) is 12.2 Å². The summed E-state index contributed by atoms with van der Waals surface area (Å²) < 4.78 is 5.82. The van der Waals surface area contributed by atoms with E-state index in [1.165, 1.54) is 5.56 Å². The van der Waals surface area contributed by atoms with E-state index in [0.717, 1.165) is 22.6 Å². The van der Waals surface area contributed by atoms with Crippen LogP contribution in [-0.4, -0.2) is 12.0 Å². The Labute approximate surface area is 132 Å². The maximum atomic E-state index is 12.4. The first-order valence-corrected chi connectivity index (χ1v) is 7.61. The lowest BCUT2D eigenvalue weighted by molar-refractivity contribution is -0.122. The summed E-state index contributed by atoms with van der Waals surface area (Å²) >= 11 is 0. The van der Waals surface area contributed by atoms with Crippen LogP contribution in [-0.2, 0) is 4.79 Å². The van der Waals surface area contributed by atoms with Crippen molar-refractivity contribution in [1.82, 2.24) is 0 Å². The maximum Gasteiger partial charge on any atom is 0.265 e. The van der Waals surface area contributed by atoms with Gasteiger partial charge in [0.2, 0.25) is 0 Å². The van der Waals surface area contributed by atoms with Gasteiger partial charge in [0, 0.05) is 5.69 Å². The molecule has 3 heteroatoms. The second-order valence-corrected chi connectivity index (χ2v) is 5.62. The molecule has 22 heavy (non-hydrogen) atoms. The number of carbonyl (C=O) groups excluding carboxylic acids is 1. The summed E-state index contributed by atoms with van der Waals surface area (Å²) in [5.74, 6) is 0.606. The summed E-state index contributed by atoms with van der Waals surface area (Å²) in [6.07, 6.45) is 0.119. The Hall–Kier alpha value is -2.29.